The molecule has 0 spiro atoms. The fraction of sp³-hybridized carbons (Fsp3) is 0.304. The molecule has 0 unspecified atom stereocenters. The van der Waals surface area contributed by atoms with Crippen molar-refractivity contribution in [3.8, 4) is 5.75 Å². The topological polar surface area (TPSA) is 12.5 Å². The normalized spacial score (nSPS) is 13.7. The van der Waals surface area contributed by atoms with Crippen LogP contribution in [0.5, 0.6) is 5.75 Å². The molecule has 2 aromatic carbocycles. The maximum Gasteiger partial charge on any atom is 0.119 e. The third kappa shape index (κ3) is 5.61. The minimum Gasteiger partial charge on any atom is -0.497 e. The van der Waals surface area contributed by atoms with Crippen LogP contribution in [-0.4, -0.2) is 25.6 Å². The fourth-order valence-electron chi connectivity index (χ4n) is 2.99. The van der Waals surface area contributed by atoms with Crippen molar-refractivity contribution >= 4 is 6.08 Å². The van der Waals surface area contributed by atoms with Gasteiger partial charge in [-0.3, -0.25) is 0 Å². The molecule has 3 rings (SSSR count). The van der Waals surface area contributed by atoms with Crippen molar-refractivity contribution in [2.24, 2.45) is 0 Å². The van der Waals surface area contributed by atoms with E-state index in [1.54, 1.807) is 13.2 Å². The van der Waals surface area contributed by atoms with Gasteiger partial charge >= 0.3 is 0 Å². The summed E-state index contributed by atoms with van der Waals surface area (Å²) in [6.45, 7) is 8.03. The number of hydrogen-bond acceptors (Lipinski definition) is 2. The zero-order valence-electron chi connectivity index (χ0n) is 15.7. The number of likely N-dealkylation sites (N-methyl/N-ethyl adjacent to an activating group) is 1. The lowest BCUT2D eigenvalue weighted by Gasteiger charge is -2.25. The molecule has 2 aromatic rings. The number of fused-ring (bicyclic) bond motifs is 1. The van der Waals surface area contributed by atoms with Gasteiger partial charge in [0.15, 0.2) is 0 Å². The predicted octanol–water partition coefficient (Wildman–Crippen LogP) is 5.13. The SMILES string of the molecule is C=C/C=C\c1ccccc1CC.COc1ccc2c(c1)CN(C)CC2. The van der Waals surface area contributed by atoms with Gasteiger partial charge in [0.2, 0.25) is 0 Å². The Labute approximate surface area is 152 Å². The number of aryl methyl sites for hydroxylation is 1. The van der Waals surface area contributed by atoms with Crippen molar-refractivity contribution in [3.63, 3.8) is 0 Å². The molecule has 0 amide bonds. The number of allylic oxidation sites excluding steroid dienone is 2. The van der Waals surface area contributed by atoms with Gasteiger partial charge in [-0.15, -0.1) is 0 Å². The molecule has 0 aromatic heterocycles. The second-order valence-electron chi connectivity index (χ2n) is 6.27. The highest BCUT2D eigenvalue weighted by Gasteiger charge is 2.12. The van der Waals surface area contributed by atoms with Crippen LogP contribution in [0.1, 0.15) is 29.2 Å². The lowest BCUT2D eigenvalue weighted by Crippen LogP contribution is -2.26. The highest BCUT2D eigenvalue weighted by molar-refractivity contribution is 5.55. The van der Waals surface area contributed by atoms with Crippen LogP contribution in [0.25, 0.3) is 6.08 Å². The molecule has 0 atom stereocenters. The van der Waals surface area contributed by atoms with Crippen molar-refractivity contribution in [1.29, 1.82) is 0 Å². The Kier molecular flexibility index (Phi) is 7.49. The van der Waals surface area contributed by atoms with Gasteiger partial charge in [-0.05, 0) is 54.3 Å². The van der Waals surface area contributed by atoms with E-state index >= 15 is 0 Å². The number of methoxy groups -OCH3 is 1. The molecular weight excluding hydrogens is 306 g/mol. The zero-order valence-corrected chi connectivity index (χ0v) is 15.7. The lowest BCUT2D eigenvalue weighted by molar-refractivity contribution is 0.311. The summed E-state index contributed by atoms with van der Waals surface area (Å²) in [4.78, 5) is 2.34. The molecule has 132 valence electrons. The first kappa shape index (κ1) is 19.0. The molecule has 0 aliphatic carbocycles. The molecule has 1 heterocycles. The fourth-order valence-corrected chi connectivity index (χ4v) is 2.99. The second kappa shape index (κ2) is 9.85. The van der Waals surface area contributed by atoms with E-state index in [0.29, 0.717) is 0 Å². The van der Waals surface area contributed by atoms with E-state index in [1.807, 2.05) is 12.1 Å². The van der Waals surface area contributed by atoms with Crippen molar-refractivity contribution in [2.45, 2.75) is 26.3 Å². The first-order valence-corrected chi connectivity index (χ1v) is 8.89. The van der Waals surface area contributed by atoms with Crippen molar-refractivity contribution < 1.29 is 4.74 Å². The van der Waals surface area contributed by atoms with E-state index in [9.17, 15) is 0 Å². The van der Waals surface area contributed by atoms with Crippen LogP contribution in [0.15, 0.2) is 61.2 Å². The largest absolute Gasteiger partial charge is 0.497 e. The number of benzene rings is 2. The predicted molar refractivity (Wildman–Crippen MR) is 108 cm³/mol. The van der Waals surface area contributed by atoms with E-state index in [2.05, 4.69) is 67.9 Å². The minimum atomic E-state index is 0.967. The van der Waals surface area contributed by atoms with Gasteiger partial charge in [0.1, 0.15) is 5.75 Å². The van der Waals surface area contributed by atoms with Gasteiger partial charge in [0.05, 0.1) is 7.11 Å². The van der Waals surface area contributed by atoms with Crippen LogP contribution in [0.4, 0.5) is 0 Å². The van der Waals surface area contributed by atoms with Crippen LogP contribution in [-0.2, 0) is 19.4 Å². The van der Waals surface area contributed by atoms with Crippen LogP contribution < -0.4 is 4.74 Å². The maximum atomic E-state index is 5.20. The molecule has 0 saturated heterocycles. The van der Waals surface area contributed by atoms with Crippen molar-refractivity contribution in [2.75, 3.05) is 20.7 Å². The van der Waals surface area contributed by atoms with Gasteiger partial charge in [-0.2, -0.15) is 0 Å². The Morgan fingerprint density at radius 1 is 1.16 bits per heavy atom. The van der Waals surface area contributed by atoms with Crippen molar-refractivity contribution in [1.82, 2.24) is 4.90 Å². The molecular formula is C23H29NO. The number of rotatable bonds is 4. The van der Waals surface area contributed by atoms with E-state index in [0.717, 1.165) is 25.1 Å². The zero-order chi connectivity index (χ0) is 18.1. The number of nitrogens with zero attached hydrogens (tertiary/aromatic N) is 1. The van der Waals surface area contributed by atoms with E-state index < -0.39 is 0 Å². The standard InChI is InChI=1S/C12H14.C11H15NO/c1-3-5-8-12-10-7-6-9-11(12)4-2;1-12-6-5-9-3-4-11(13-2)7-10(9)8-12/h3,5-10H,1,4H2,2H3;3-4,7H,5-6,8H2,1-2H3/b8-5-;. The summed E-state index contributed by atoms with van der Waals surface area (Å²) in [7, 11) is 3.87. The molecule has 0 fully saturated rings. The molecule has 1 aliphatic heterocycles. The van der Waals surface area contributed by atoms with Gasteiger partial charge in [0.25, 0.3) is 0 Å². The summed E-state index contributed by atoms with van der Waals surface area (Å²) >= 11 is 0. The summed E-state index contributed by atoms with van der Waals surface area (Å²) in [6.07, 6.45) is 8.10. The van der Waals surface area contributed by atoms with Crippen LogP contribution >= 0.6 is 0 Å². The summed E-state index contributed by atoms with van der Waals surface area (Å²) < 4.78 is 5.20. The Morgan fingerprint density at radius 3 is 2.68 bits per heavy atom. The highest BCUT2D eigenvalue weighted by Crippen LogP contribution is 2.22. The Morgan fingerprint density at radius 2 is 1.96 bits per heavy atom. The van der Waals surface area contributed by atoms with Gasteiger partial charge in [-0.1, -0.05) is 62.1 Å². The monoisotopic (exact) mass is 335 g/mol. The Balaban J connectivity index is 0.000000181. The van der Waals surface area contributed by atoms with Crippen LogP contribution in [0, 0.1) is 0 Å². The molecule has 2 nitrogen and oxygen atoms in total. The first-order valence-electron chi connectivity index (χ1n) is 8.89. The van der Waals surface area contributed by atoms with E-state index in [1.165, 1.54) is 28.8 Å². The summed E-state index contributed by atoms with van der Waals surface area (Å²) in [5.41, 5.74) is 5.56. The molecule has 0 bridgehead atoms. The second-order valence-corrected chi connectivity index (χ2v) is 6.27. The molecule has 2 heteroatoms. The van der Waals surface area contributed by atoms with Crippen LogP contribution in [0.2, 0.25) is 0 Å². The first-order chi connectivity index (χ1) is 12.2. The van der Waals surface area contributed by atoms with Gasteiger partial charge < -0.3 is 9.64 Å². The minimum absolute atomic E-state index is 0.967. The Bertz CT molecular complexity index is 718. The quantitative estimate of drug-likeness (QED) is 0.718. The van der Waals surface area contributed by atoms with E-state index in [-0.39, 0.29) is 0 Å². The maximum absolute atomic E-state index is 5.20. The van der Waals surface area contributed by atoms with Crippen LogP contribution in [0.3, 0.4) is 0 Å². The molecule has 0 saturated carbocycles. The molecule has 25 heavy (non-hydrogen) atoms. The van der Waals surface area contributed by atoms with E-state index in [4.69, 9.17) is 4.74 Å². The lowest BCUT2D eigenvalue weighted by atomic mass is 10.00. The molecule has 1 aliphatic rings. The summed E-state index contributed by atoms with van der Waals surface area (Å²) in [6, 6.07) is 14.8. The summed E-state index contributed by atoms with van der Waals surface area (Å²) in [5, 5.41) is 0. The average Bonchev–Trinajstić information content (AvgIpc) is 2.66. The average molecular weight is 335 g/mol. The Hall–Kier alpha value is -2.32. The van der Waals surface area contributed by atoms with Crippen molar-refractivity contribution in [3.05, 3.63) is 83.4 Å². The van der Waals surface area contributed by atoms with Gasteiger partial charge in [-0.25, -0.2) is 0 Å². The van der Waals surface area contributed by atoms with Gasteiger partial charge in [0, 0.05) is 13.1 Å². The number of hydrogen-bond donors (Lipinski definition) is 0. The highest BCUT2D eigenvalue weighted by atomic mass is 16.5. The number of ether oxygens (including phenoxy) is 1. The molecule has 0 N–H and O–H groups in total. The molecule has 0 radical (unpaired) electrons. The third-order valence-electron chi connectivity index (χ3n) is 4.46. The third-order valence-corrected chi connectivity index (χ3v) is 4.46. The summed E-state index contributed by atoms with van der Waals surface area (Å²) in [5.74, 6) is 0.967. The smallest absolute Gasteiger partial charge is 0.119 e.